The Bertz CT molecular complexity index is 1460. The van der Waals surface area contributed by atoms with E-state index in [0.717, 1.165) is 22.4 Å². The van der Waals surface area contributed by atoms with Gasteiger partial charge >= 0.3 is 0 Å². The smallest absolute Gasteiger partial charge is 0.206 e. The van der Waals surface area contributed by atoms with Crippen molar-refractivity contribution in [3.05, 3.63) is 107 Å². The average molecular weight is 485 g/mol. The molecule has 35 heavy (non-hydrogen) atoms. The summed E-state index contributed by atoms with van der Waals surface area (Å²) < 4.78 is 31.9. The average Bonchev–Trinajstić information content (AvgIpc) is 2.80. The molecular weight excluding hydrogens is 452 g/mol. The van der Waals surface area contributed by atoms with E-state index in [2.05, 4.69) is 58.0 Å². The lowest BCUT2D eigenvalue weighted by Crippen LogP contribution is -2.12. The standard InChI is InChI=1S/C31H32O3S/c1-21-7-13-27(14-8-21)35(32,33)28-15-11-26(12-16-28)34-30-18-10-25(20-23(30)3)24-9-17-29(22(2)19-24)31(4,5)6/h7-20H,1-6H3. The second-order valence-corrected chi connectivity index (χ2v) is 12.1. The van der Waals surface area contributed by atoms with Crippen LogP contribution in [-0.4, -0.2) is 8.42 Å². The Morgan fingerprint density at radius 1 is 0.629 bits per heavy atom. The van der Waals surface area contributed by atoms with E-state index in [4.69, 9.17) is 4.74 Å². The van der Waals surface area contributed by atoms with Crippen molar-refractivity contribution in [2.75, 3.05) is 0 Å². The van der Waals surface area contributed by atoms with Crippen molar-refractivity contribution in [2.45, 2.75) is 56.7 Å². The molecule has 0 N–H and O–H groups in total. The van der Waals surface area contributed by atoms with Gasteiger partial charge in [-0.15, -0.1) is 0 Å². The summed E-state index contributed by atoms with van der Waals surface area (Å²) in [6, 6.07) is 26.2. The minimum absolute atomic E-state index is 0.116. The Balaban J connectivity index is 1.53. The van der Waals surface area contributed by atoms with Crippen molar-refractivity contribution in [2.24, 2.45) is 0 Å². The fraction of sp³-hybridized carbons (Fsp3) is 0.226. The molecule has 0 bridgehead atoms. The molecule has 0 fully saturated rings. The fourth-order valence-electron chi connectivity index (χ4n) is 4.30. The molecule has 3 nitrogen and oxygen atoms in total. The van der Waals surface area contributed by atoms with Crippen LogP contribution in [0, 0.1) is 20.8 Å². The molecule has 0 spiro atoms. The molecular formula is C31H32O3S. The van der Waals surface area contributed by atoms with Crippen molar-refractivity contribution >= 4 is 9.84 Å². The van der Waals surface area contributed by atoms with Crippen LogP contribution in [0.15, 0.2) is 94.7 Å². The van der Waals surface area contributed by atoms with Crippen molar-refractivity contribution in [1.82, 2.24) is 0 Å². The molecule has 0 aliphatic rings. The van der Waals surface area contributed by atoms with Crippen molar-refractivity contribution in [3.8, 4) is 22.6 Å². The fourth-order valence-corrected chi connectivity index (χ4v) is 5.56. The lowest BCUT2D eigenvalue weighted by atomic mass is 9.83. The van der Waals surface area contributed by atoms with Crippen LogP contribution >= 0.6 is 0 Å². The SMILES string of the molecule is Cc1ccc(S(=O)(=O)c2ccc(Oc3ccc(-c4ccc(C(C)(C)C)c(C)c4)cc3C)cc2)cc1. The molecule has 0 aromatic heterocycles. The first-order chi connectivity index (χ1) is 16.4. The van der Waals surface area contributed by atoms with Gasteiger partial charge in [-0.25, -0.2) is 8.42 Å². The molecule has 0 amide bonds. The molecule has 0 atom stereocenters. The number of rotatable bonds is 5. The van der Waals surface area contributed by atoms with Gasteiger partial charge in [0.05, 0.1) is 9.79 Å². The normalized spacial score (nSPS) is 11.9. The van der Waals surface area contributed by atoms with Crippen LogP contribution in [-0.2, 0) is 15.3 Å². The third-order valence-corrected chi connectivity index (χ3v) is 8.02. The van der Waals surface area contributed by atoms with Gasteiger partial charge in [0.25, 0.3) is 0 Å². The van der Waals surface area contributed by atoms with E-state index in [1.807, 2.05) is 19.9 Å². The topological polar surface area (TPSA) is 43.4 Å². The molecule has 4 rings (SSSR count). The first-order valence-electron chi connectivity index (χ1n) is 11.8. The molecule has 0 heterocycles. The predicted molar refractivity (Wildman–Crippen MR) is 143 cm³/mol. The maximum atomic E-state index is 12.9. The summed E-state index contributed by atoms with van der Waals surface area (Å²) >= 11 is 0. The van der Waals surface area contributed by atoms with Crippen LogP contribution in [0.1, 0.15) is 43.0 Å². The van der Waals surface area contributed by atoms with Gasteiger partial charge < -0.3 is 4.74 Å². The molecule has 0 unspecified atom stereocenters. The second kappa shape index (κ2) is 9.35. The predicted octanol–water partition coefficient (Wildman–Crippen LogP) is 8.20. The number of aryl methyl sites for hydroxylation is 3. The van der Waals surface area contributed by atoms with E-state index in [-0.39, 0.29) is 15.2 Å². The van der Waals surface area contributed by atoms with Gasteiger partial charge in [-0.05, 0) is 103 Å². The first-order valence-corrected chi connectivity index (χ1v) is 13.3. The minimum atomic E-state index is -3.56. The van der Waals surface area contributed by atoms with Crippen LogP contribution in [0.25, 0.3) is 11.1 Å². The Labute approximate surface area is 209 Å². The van der Waals surface area contributed by atoms with E-state index in [1.54, 1.807) is 48.5 Å². The van der Waals surface area contributed by atoms with Crippen molar-refractivity contribution < 1.29 is 13.2 Å². The van der Waals surface area contributed by atoms with E-state index >= 15 is 0 Å². The van der Waals surface area contributed by atoms with Gasteiger partial charge in [-0.3, -0.25) is 0 Å². The van der Waals surface area contributed by atoms with Gasteiger partial charge in [-0.1, -0.05) is 62.7 Å². The van der Waals surface area contributed by atoms with Gasteiger partial charge in [0, 0.05) is 0 Å². The highest BCUT2D eigenvalue weighted by Crippen LogP contribution is 2.33. The second-order valence-electron chi connectivity index (χ2n) is 10.1. The molecule has 0 aliphatic heterocycles. The molecule has 180 valence electrons. The van der Waals surface area contributed by atoms with Crippen LogP contribution in [0.3, 0.4) is 0 Å². The summed E-state index contributed by atoms with van der Waals surface area (Å²) in [4.78, 5) is 0.531. The third-order valence-electron chi connectivity index (χ3n) is 6.24. The number of ether oxygens (including phenoxy) is 1. The molecule has 4 heteroatoms. The maximum absolute atomic E-state index is 12.9. The highest BCUT2D eigenvalue weighted by atomic mass is 32.2. The Morgan fingerprint density at radius 3 is 1.66 bits per heavy atom. The first kappa shape index (κ1) is 24.7. The molecule has 0 saturated carbocycles. The lowest BCUT2D eigenvalue weighted by molar-refractivity contribution is 0.478. The largest absolute Gasteiger partial charge is 0.457 e. The molecule has 0 saturated heterocycles. The summed E-state index contributed by atoms with van der Waals surface area (Å²) in [6.45, 7) is 12.8. The number of sulfone groups is 1. The Kier molecular flexibility index (Phi) is 6.61. The van der Waals surface area contributed by atoms with E-state index in [1.165, 1.54) is 16.7 Å². The van der Waals surface area contributed by atoms with E-state index in [0.29, 0.717) is 5.75 Å². The van der Waals surface area contributed by atoms with Crippen LogP contribution < -0.4 is 4.74 Å². The minimum Gasteiger partial charge on any atom is -0.457 e. The number of hydrogen-bond acceptors (Lipinski definition) is 3. The van der Waals surface area contributed by atoms with Gasteiger partial charge in [0.2, 0.25) is 9.84 Å². The summed E-state index contributed by atoms with van der Waals surface area (Å²) in [7, 11) is -3.56. The summed E-state index contributed by atoms with van der Waals surface area (Å²) in [5, 5.41) is 0. The zero-order valence-electron chi connectivity index (χ0n) is 21.2. The monoisotopic (exact) mass is 484 g/mol. The molecule has 4 aromatic carbocycles. The lowest BCUT2D eigenvalue weighted by Gasteiger charge is -2.22. The summed E-state index contributed by atoms with van der Waals surface area (Å²) in [5.41, 5.74) is 7.10. The van der Waals surface area contributed by atoms with E-state index in [9.17, 15) is 8.42 Å². The Morgan fingerprint density at radius 2 is 1.14 bits per heavy atom. The van der Waals surface area contributed by atoms with Gasteiger partial charge in [0.15, 0.2) is 0 Å². The number of benzene rings is 4. The van der Waals surface area contributed by atoms with Crippen LogP contribution in [0.4, 0.5) is 0 Å². The van der Waals surface area contributed by atoms with Gasteiger partial charge in [-0.2, -0.15) is 0 Å². The Hall–Kier alpha value is -3.37. The molecule has 0 aliphatic carbocycles. The van der Waals surface area contributed by atoms with Crippen molar-refractivity contribution in [3.63, 3.8) is 0 Å². The van der Waals surface area contributed by atoms with Gasteiger partial charge in [0.1, 0.15) is 11.5 Å². The maximum Gasteiger partial charge on any atom is 0.206 e. The zero-order chi connectivity index (χ0) is 25.4. The summed E-state index contributed by atoms with van der Waals surface area (Å²) in [5.74, 6) is 1.33. The highest BCUT2D eigenvalue weighted by Gasteiger charge is 2.18. The van der Waals surface area contributed by atoms with Crippen molar-refractivity contribution in [1.29, 1.82) is 0 Å². The third kappa shape index (κ3) is 5.33. The highest BCUT2D eigenvalue weighted by molar-refractivity contribution is 7.91. The zero-order valence-corrected chi connectivity index (χ0v) is 22.0. The molecule has 4 aromatic rings. The van der Waals surface area contributed by atoms with Crippen LogP contribution in [0.5, 0.6) is 11.5 Å². The van der Waals surface area contributed by atoms with Crippen LogP contribution in [0.2, 0.25) is 0 Å². The van der Waals surface area contributed by atoms with E-state index < -0.39 is 9.84 Å². The number of hydrogen-bond donors (Lipinski definition) is 0. The quantitative estimate of drug-likeness (QED) is 0.287. The summed E-state index contributed by atoms with van der Waals surface area (Å²) in [6.07, 6.45) is 0. The molecule has 0 radical (unpaired) electrons.